The van der Waals surface area contributed by atoms with Crippen LogP contribution in [0.3, 0.4) is 0 Å². The van der Waals surface area contributed by atoms with Crippen LogP contribution in [0.2, 0.25) is 0 Å². The molecule has 4 nitrogen and oxygen atoms in total. The molecule has 0 fully saturated rings. The van der Waals surface area contributed by atoms with Gasteiger partial charge in [0.05, 0.1) is 0 Å². The van der Waals surface area contributed by atoms with Gasteiger partial charge in [-0.25, -0.2) is 0 Å². The molecule has 0 bridgehead atoms. The number of thiocarbonyl (C=S) groups is 1. The summed E-state index contributed by atoms with van der Waals surface area (Å²) in [6, 6.07) is 7.94. The maximum Gasteiger partial charge on any atom is 0.238 e. The fraction of sp³-hybridized carbons (Fsp3) is 0.385. The molecule has 1 rings (SSSR count). The van der Waals surface area contributed by atoms with Gasteiger partial charge in [0.1, 0.15) is 0 Å². The average molecular weight is 265 g/mol. The first kappa shape index (κ1) is 14.4. The summed E-state index contributed by atoms with van der Waals surface area (Å²) in [5.74, 6) is -0.0644. The number of carbonyl (C=O) groups excluding carboxylic acids is 1. The Bertz CT molecular complexity index is 420. The molecule has 0 saturated carbocycles. The highest BCUT2D eigenvalue weighted by Gasteiger charge is 2.03. The Morgan fingerprint density at radius 3 is 2.61 bits per heavy atom. The Labute approximate surface area is 113 Å². The molecule has 0 heterocycles. The number of para-hydroxylation sites is 1. The van der Waals surface area contributed by atoms with Crippen molar-refractivity contribution in [2.24, 2.45) is 0 Å². The van der Waals surface area contributed by atoms with E-state index in [1.54, 1.807) is 0 Å². The lowest BCUT2D eigenvalue weighted by Gasteiger charge is -2.13. The number of carbonyl (C=O) groups is 1. The normalized spacial score (nSPS) is 9.67. The number of hydrogen-bond acceptors (Lipinski definition) is 2. The Balaban J connectivity index is 2.47. The molecule has 0 atom stereocenters. The van der Waals surface area contributed by atoms with Crippen molar-refractivity contribution in [3.8, 4) is 0 Å². The van der Waals surface area contributed by atoms with Crippen LogP contribution in [-0.2, 0) is 11.2 Å². The van der Waals surface area contributed by atoms with E-state index in [1.165, 1.54) is 5.56 Å². The van der Waals surface area contributed by atoms with E-state index in [4.69, 9.17) is 12.2 Å². The second-order valence-electron chi connectivity index (χ2n) is 3.89. The van der Waals surface area contributed by atoms with E-state index in [9.17, 15) is 4.79 Å². The van der Waals surface area contributed by atoms with E-state index < -0.39 is 0 Å². The Morgan fingerprint density at radius 1 is 1.22 bits per heavy atom. The standard InChI is InChI=1S/C13H19N3OS/c1-3-7-12(17)15-16-13(18)14-11-9-6-5-8-10(11)4-2/h5-6,8-9H,3-4,7H2,1-2H3,(H,15,17)(H2,14,16,18). The molecular formula is C13H19N3OS. The molecule has 0 aliphatic carbocycles. The molecule has 0 aliphatic heterocycles. The first-order valence-corrected chi connectivity index (χ1v) is 6.52. The Kier molecular flexibility index (Phi) is 6.14. The van der Waals surface area contributed by atoms with Crippen LogP contribution in [0.1, 0.15) is 32.3 Å². The third-order valence-corrected chi connectivity index (χ3v) is 2.64. The van der Waals surface area contributed by atoms with Crippen molar-refractivity contribution < 1.29 is 4.79 Å². The highest BCUT2D eigenvalue weighted by atomic mass is 32.1. The minimum Gasteiger partial charge on any atom is -0.331 e. The lowest BCUT2D eigenvalue weighted by molar-refractivity contribution is -0.121. The zero-order valence-corrected chi connectivity index (χ0v) is 11.6. The van der Waals surface area contributed by atoms with E-state index in [1.807, 2.05) is 31.2 Å². The van der Waals surface area contributed by atoms with Gasteiger partial charge in [-0.05, 0) is 36.7 Å². The average Bonchev–Trinajstić information content (AvgIpc) is 2.37. The molecule has 98 valence electrons. The van der Waals surface area contributed by atoms with Crippen LogP contribution in [0.25, 0.3) is 0 Å². The van der Waals surface area contributed by atoms with Crippen molar-refractivity contribution in [2.45, 2.75) is 33.1 Å². The topological polar surface area (TPSA) is 53.2 Å². The third-order valence-electron chi connectivity index (χ3n) is 2.44. The smallest absolute Gasteiger partial charge is 0.238 e. The number of rotatable bonds is 4. The van der Waals surface area contributed by atoms with Gasteiger partial charge < -0.3 is 5.32 Å². The second-order valence-corrected chi connectivity index (χ2v) is 4.30. The van der Waals surface area contributed by atoms with Crippen LogP contribution in [0, 0.1) is 0 Å². The number of nitrogens with one attached hydrogen (secondary N) is 3. The minimum atomic E-state index is -0.0644. The van der Waals surface area contributed by atoms with Gasteiger partial charge in [-0.1, -0.05) is 32.0 Å². The molecule has 3 N–H and O–H groups in total. The summed E-state index contributed by atoms with van der Waals surface area (Å²) in [4.78, 5) is 11.3. The summed E-state index contributed by atoms with van der Waals surface area (Å²) in [6.07, 6.45) is 2.22. The van der Waals surface area contributed by atoms with E-state index >= 15 is 0 Å². The summed E-state index contributed by atoms with van der Waals surface area (Å²) in [5.41, 5.74) is 7.38. The van der Waals surface area contributed by atoms with E-state index in [2.05, 4.69) is 23.1 Å². The summed E-state index contributed by atoms with van der Waals surface area (Å²) in [7, 11) is 0. The van der Waals surface area contributed by atoms with E-state index in [0.717, 1.165) is 18.5 Å². The molecule has 0 aliphatic rings. The maximum atomic E-state index is 11.3. The van der Waals surface area contributed by atoms with Gasteiger partial charge in [0.2, 0.25) is 5.91 Å². The van der Waals surface area contributed by atoms with Crippen molar-refractivity contribution >= 4 is 28.9 Å². The molecule has 0 radical (unpaired) electrons. The number of benzene rings is 1. The maximum absolute atomic E-state index is 11.3. The predicted molar refractivity (Wildman–Crippen MR) is 78.2 cm³/mol. The molecule has 1 aromatic rings. The monoisotopic (exact) mass is 265 g/mol. The first-order valence-electron chi connectivity index (χ1n) is 6.11. The van der Waals surface area contributed by atoms with Crippen LogP contribution < -0.4 is 16.2 Å². The summed E-state index contributed by atoms with van der Waals surface area (Å²) in [5, 5.41) is 3.45. The lowest BCUT2D eigenvalue weighted by Crippen LogP contribution is -2.43. The Hall–Kier alpha value is -1.62. The SMILES string of the molecule is CCCC(=O)NNC(=S)Nc1ccccc1CC. The van der Waals surface area contributed by atoms with Crippen molar-refractivity contribution in [2.75, 3.05) is 5.32 Å². The molecule has 0 unspecified atom stereocenters. The van der Waals surface area contributed by atoms with Gasteiger partial charge in [0.25, 0.3) is 0 Å². The predicted octanol–water partition coefficient (Wildman–Crippen LogP) is 2.37. The van der Waals surface area contributed by atoms with Gasteiger partial charge in [0, 0.05) is 12.1 Å². The molecule has 0 spiro atoms. The Morgan fingerprint density at radius 2 is 1.94 bits per heavy atom. The highest BCUT2D eigenvalue weighted by Crippen LogP contribution is 2.14. The molecule has 1 aromatic carbocycles. The molecule has 18 heavy (non-hydrogen) atoms. The zero-order chi connectivity index (χ0) is 13.4. The molecule has 0 aromatic heterocycles. The highest BCUT2D eigenvalue weighted by molar-refractivity contribution is 7.80. The van der Waals surface area contributed by atoms with E-state index in [-0.39, 0.29) is 5.91 Å². The fourth-order valence-corrected chi connectivity index (χ4v) is 1.68. The van der Waals surface area contributed by atoms with Crippen molar-refractivity contribution in [1.82, 2.24) is 10.9 Å². The zero-order valence-electron chi connectivity index (χ0n) is 10.7. The largest absolute Gasteiger partial charge is 0.331 e. The summed E-state index contributed by atoms with van der Waals surface area (Å²) in [6.45, 7) is 4.04. The van der Waals surface area contributed by atoms with Crippen molar-refractivity contribution in [3.05, 3.63) is 29.8 Å². The van der Waals surface area contributed by atoms with Gasteiger partial charge >= 0.3 is 0 Å². The van der Waals surface area contributed by atoms with Crippen LogP contribution >= 0.6 is 12.2 Å². The number of anilines is 1. The van der Waals surface area contributed by atoms with Gasteiger partial charge in [-0.2, -0.15) is 0 Å². The number of hydrazine groups is 1. The second kappa shape index (κ2) is 7.66. The number of amides is 1. The fourth-order valence-electron chi connectivity index (χ4n) is 1.52. The van der Waals surface area contributed by atoms with Gasteiger partial charge in [0.15, 0.2) is 5.11 Å². The molecule has 5 heteroatoms. The first-order chi connectivity index (χ1) is 8.67. The van der Waals surface area contributed by atoms with E-state index in [0.29, 0.717) is 11.5 Å². The van der Waals surface area contributed by atoms with Crippen molar-refractivity contribution in [1.29, 1.82) is 0 Å². The van der Waals surface area contributed by atoms with Gasteiger partial charge in [-0.15, -0.1) is 0 Å². The third kappa shape index (κ3) is 4.71. The summed E-state index contributed by atoms with van der Waals surface area (Å²) >= 11 is 5.11. The quantitative estimate of drug-likeness (QED) is 0.578. The van der Waals surface area contributed by atoms with Crippen LogP contribution in [0.5, 0.6) is 0 Å². The molecule has 0 saturated heterocycles. The minimum absolute atomic E-state index is 0.0644. The van der Waals surface area contributed by atoms with Crippen LogP contribution in [0.4, 0.5) is 5.69 Å². The van der Waals surface area contributed by atoms with Crippen molar-refractivity contribution in [3.63, 3.8) is 0 Å². The van der Waals surface area contributed by atoms with Gasteiger partial charge in [-0.3, -0.25) is 15.6 Å². The van der Waals surface area contributed by atoms with Crippen LogP contribution in [0.15, 0.2) is 24.3 Å². The molecular weight excluding hydrogens is 246 g/mol. The lowest BCUT2D eigenvalue weighted by atomic mass is 10.1. The molecule has 1 amide bonds. The number of hydrogen-bond donors (Lipinski definition) is 3. The summed E-state index contributed by atoms with van der Waals surface area (Å²) < 4.78 is 0. The van der Waals surface area contributed by atoms with Crippen LogP contribution in [-0.4, -0.2) is 11.0 Å². The number of aryl methyl sites for hydroxylation is 1.